The number of sulfonamides is 1. The fourth-order valence-corrected chi connectivity index (χ4v) is 4.44. The van der Waals surface area contributed by atoms with Crippen LogP contribution in [0.3, 0.4) is 0 Å². The van der Waals surface area contributed by atoms with Gasteiger partial charge < -0.3 is 5.32 Å². The fraction of sp³-hybridized carbons (Fsp3) is 0.222. The third-order valence-electron chi connectivity index (χ3n) is 3.94. The molecule has 1 heterocycles. The molecule has 0 aliphatic heterocycles. The molecule has 0 saturated carbocycles. The summed E-state index contributed by atoms with van der Waals surface area (Å²) in [6, 6.07) is 12.5. The molecular weight excluding hydrogens is 370 g/mol. The molecule has 1 aromatic heterocycles. The molecule has 6 nitrogen and oxygen atoms in total. The van der Waals surface area contributed by atoms with Crippen LogP contribution in [0.4, 0.5) is 0 Å². The third kappa shape index (κ3) is 4.27. The van der Waals surface area contributed by atoms with Gasteiger partial charge in [-0.2, -0.15) is 0 Å². The van der Waals surface area contributed by atoms with Crippen molar-refractivity contribution in [3.05, 3.63) is 58.6 Å². The summed E-state index contributed by atoms with van der Waals surface area (Å²) >= 11 is 1.43. The molecule has 8 heteroatoms. The van der Waals surface area contributed by atoms with Crippen LogP contribution in [0.5, 0.6) is 0 Å². The molecule has 0 atom stereocenters. The highest BCUT2D eigenvalue weighted by Gasteiger charge is 2.17. The summed E-state index contributed by atoms with van der Waals surface area (Å²) in [5.41, 5.74) is 2.83. The molecule has 0 radical (unpaired) electrons. The third-order valence-corrected chi connectivity index (χ3v) is 6.27. The predicted molar refractivity (Wildman–Crippen MR) is 103 cm³/mol. The van der Waals surface area contributed by atoms with Gasteiger partial charge in [-0.15, -0.1) is 11.3 Å². The highest BCUT2D eigenvalue weighted by molar-refractivity contribution is 7.89. The van der Waals surface area contributed by atoms with Crippen LogP contribution < -0.4 is 10.0 Å². The average Bonchev–Trinajstić information content (AvgIpc) is 2.98. The van der Waals surface area contributed by atoms with Gasteiger partial charge in [0.15, 0.2) is 0 Å². The molecule has 0 fully saturated rings. The fourth-order valence-electron chi connectivity index (χ4n) is 2.50. The van der Waals surface area contributed by atoms with Crippen molar-refractivity contribution in [3.8, 4) is 0 Å². The molecule has 26 heavy (non-hydrogen) atoms. The second-order valence-electron chi connectivity index (χ2n) is 5.89. The molecule has 0 aliphatic rings. The lowest BCUT2D eigenvalue weighted by Gasteiger charge is -2.09. The number of carbonyl (C=O) groups excluding carboxylic acids is 1. The van der Waals surface area contributed by atoms with E-state index in [1.54, 1.807) is 12.1 Å². The Balaban J connectivity index is 1.61. The Morgan fingerprint density at radius 2 is 1.92 bits per heavy atom. The van der Waals surface area contributed by atoms with Crippen LogP contribution in [0.25, 0.3) is 10.2 Å². The van der Waals surface area contributed by atoms with Crippen LogP contribution in [-0.4, -0.2) is 25.9 Å². The summed E-state index contributed by atoms with van der Waals surface area (Å²) in [5.74, 6) is -0.383. The van der Waals surface area contributed by atoms with E-state index < -0.39 is 10.0 Å². The standard InChI is InChI=1S/C18H19N3O3S2/c1-12-5-3-4-6-14(12)10-19-18(22)11-20-26(23,24)15-7-8-16-17(9-15)25-13(2)21-16/h3-9,20H,10-11H2,1-2H3,(H,19,22). The predicted octanol–water partition coefficient (Wildman–Crippen LogP) is 2.51. The number of amides is 1. The summed E-state index contributed by atoms with van der Waals surface area (Å²) in [6.45, 7) is 3.88. The van der Waals surface area contributed by atoms with Crippen molar-refractivity contribution in [2.45, 2.75) is 25.3 Å². The van der Waals surface area contributed by atoms with Gasteiger partial charge in [-0.05, 0) is 43.2 Å². The average molecular weight is 390 g/mol. The van der Waals surface area contributed by atoms with Gasteiger partial charge in [0.1, 0.15) is 0 Å². The van der Waals surface area contributed by atoms with Gasteiger partial charge in [0.2, 0.25) is 15.9 Å². The van der Waals surface area contributed by atoms with Crippen molar-refractivity contribution in [2.24, 2.45) is 0 Å². The van der Waals surface area contributed by atoms with E-state index in [9.17, 15) is 13.2 Å². The minimum Gasteiger partial charge on any atom is -0.351 e. The number of nitrogens with zero attached hydrogens (tertiary/aromatic N) is 1. The molecule has 3 aromatic rings. The van der Waals surface area contributed by atoms with E-state index in [-0.39, 0.29) is 17.3 Å². The van der Waals surface area contributed by atoms with E-state index in [0.29, 0.717) is 6.54 Å². The maximum atomic E-state index is 12.4. The molecule has 0 aliphatic carbocycles. The second kappa shape index (κ2) is 7.53. The van der Waals surface area contributed by atoms with Gasteiger partial charge in [0.25, 0.3) is 0 Å². The summed E-state index contributed by atoms with van der Waals surface area (Å²) in [4.78, 5) is 16.4. The summed E-state index contributed by atoms with van der Waals surface area (Å²) < 4.78 is 28.0. The van der Waals surface area contributed by atoms with Crippen molar-refractivity contribution in [1.82, 2.24) is 15.0 Å². The molecule has 3 rings (SSSR count). The van der Waals surface area contributed by atoms with Crippen LogP contribution in [0.1, 0.15) is 16.1 Å². The van der Waals surface area contributed by atoms with Gasteiger partial charge in [0.05, 0.1) is 26.7 Å². The molecule has 2 aromatic carbocycles. The number of aromatic nitrogens is 1. The van der Waals surface area contributed by atoms with Crippen molar-refractivity contribution < 1.29 is 13.2 Å². The molecule has 0 unspecified atom stereocenters. The maximum Gasteiger partial charge on any atom is 0.241 e. The number of aryl methyl sites for hydroxylation is 2. The van der Waals surface area contributed by atoms with E-state index in [4.69, 9.17) is 0 Å². The lowest BCUT2D eigenvalue weighted by atomic mass is 10.1. The van der Waals surface area contributed by atoms with Crippen molar-refractivity contribution in [1.29, 1.82) is 0 Å². The maximum absolute atomic E-state index is 12.4. The number of hydrogen-bond acceptors (Lipinski definition) is 5. The smallest absolute Gasteiger partial charge is 0.241 e. The first-order chi connectivity index (χ1) is 12.3. The molecular formula is C18H19N3O3S2. The minimum atomic E-state index is -3.76. The van der Waals surface area contributed by atoms with Crippen LogP contribution in [0, 0.1) is 13.8 Å². The Kier molecular flexibility index (Phi) is 5.36. The number of benzene rings is 2. The van der Waals surface area contributed by atoms with E-state index in [1.807, 2.05) is 38.1 Å². The first-order valence-corrected chi connectivity index (χ1v) is 10.3. The number of hydrogen-bond donors (Lipinski definition) is 2. The van der Waals surface area contributed by atoms with Gasteiger partial charge in [-0.25, -0.2) is 18.1 Å². The lowest BCUT2D eigenvalue weighted by Crippen LogP contribution is -2.36. The van der Waals surface area contributed by atoms with E-state index in [2.05, 4.69) is 15.0 Å². The Bertz CT molecular complexity index is 1060. The van der Waals surface area contributed by atoms with Crippen LogP contribution >= 0.6 is 11.3 Å². The molecule has 0 saturated heterocycles. The van der Waals surface area contributed by atoms with Crippen molar-refractivity contribution >= 4 is 37.5 Å². The Morgan fingerprint density at radius 3 is 2.69 bits per heavy atom. The molecule has 1 amide bonds. The van der Waals surface area contributed by atoms with E-state index >= 15 is 0 Å². The van der Waals surface area contributed by atoms with Crippen LogP contribution in [0.2, 0.25) is 0 Å². The SMILES string of the molecule is Cc1nc2ccc(S(=O)(=O)NCC(=O)NCc3ccccc3C)cc2s1. The van der Waals surface area contributed by atoms with Gasteiger partial charge >= 0.3 is 0 Å². The quantitative estimate of drug-likeness (QED) is 0.678. The normalized spacial score (nSPS) is 11.6. The van der Waals surface area contributed by atoms with Gasteiger partial charge in [0, 0.05) is 6.54 Å². The van der Waals surface area contributed by atoms with Crippen molar-refractivity contribution in [3.63, 3.8) is 0 Å². The zero-order chi connectivity index (χ0) is 18.7. The first-order valence-electron chi connectivity index (χ1n) is 8.03. The van der Waals surface area contributed by atoms with Crippen molar-refractivity contribution in [2.75, 3.05) is 6.54 Å². The highest BCUT2D eigenvalue weighted by Crippen LogP contribution is 2.24. The Labute approximate surface area is 156 Å². The number of thiazole rings is 1. The molecule has 136 valence electrons. The first kappa shape index (κ1) is 18.5. The second-order valence-corrected chi connectivity index (χ2v) is 8.89. The van der Waals surface area contributed by atoms with Crippen LogP contribution in [-0.2, 0) is 21.4 Å². The van der Waals surface area contributed by atoms with E-state index in [0.717, 1.165) is 26.4 Å². The number of rotatable bonds is 6. The number of nitrogens with one attached hydrogen (secondary N) is 2. The monoisotopic (exact) mass is 389 g/mol. The van der Waals surface area contributed by atoms with Gasteiger partial charge in [-0.1, -0.05) is 24.3 Å². The van der Waals surface area contributed by atoms with Gasteiger partial charge in [-0.3, -0.25) is 4.79 Å². The lowest BCUT2D eigenvalue weighted by molar-refractivity contribution is -0.120. The summed E-state index contributed by atoms with van der Waals surface area (Å²) in [7, 11) is -3.76. The Hall–Kier alpha value is -2.29. The molecule has 2 N–H and O–H groups in total. The minimum absolute atomic E-state index is 0.125. The zero-order valence-corrected chi connectivity index (χ0v) is 16.1. The molecule has 0 bridgehead atoms. The summed E-state index contributed by atoms with van der Waals surface area (Å²) in [6.07, 6.45) is 0. The Morgan fingerprint density at radius 1 is 1.15 bits per heavy atom. The zero-order valence-electron chi connectivity index (χ0n) is 14.4. The highest BCUT2D eigenvalue weighted by atomic mass is 32.2. The van der Waals surface area contributed by atoms with E-state index in [1.165, 1.54) is 17.4 Å². The number of fused-ring (bicyclic) bond motifs is 1. The molecule has 0 spiro atoms. The van der Waals surface area contributed by atoms with Crippen LogP contribution in [0.15, 0.2) is 47.4 Å². The largest absolute Gasteiger partial charge is 0.351 e. The topological polar surface area (TPSA) is 88.2 Å². The summed E-state index contributed by atoms with van der Waals surface area (Å²) in [5, 5.41) is 3.60. The number of carbonyl (C=O) groups is 1.